The summed E-state index contributed by atoms with van der Waals surface area (Å²) in [5, 5.41) is 0. The Morgan fingerprint density at radius 3 is 2.31 bits per heavy atom. The molecule has 0 aliphatic heterocycles. The Labute approximate surface area is 96.4 Å². The molecule has 3 nitrogen and oxygen atoms in total. The van der Waals surface area contributed by atoms with Gasteiger partial charge >= 0.3 is 0 Å². The van der Waals surface area contributed by atoms with E-state index in [-0.39, 0.29) is 18.0 Å². The van der Waals surface area contributed by atoms with Crippen molar-refractivity contribution in [3.05, 3.63) is 34.9 Å². The van der Waals surface area contributed by atoms with Gasteiger partial charge in [-0.2, -0.15) is 0 Å². The third-order valence-corrected chi connectivity index (χ3v) is 3.47. The summed E-state index contributed by atoms with van der Waals surface area (Å²) in [5.41, 5.74) is 2.76. The highest BCUT2D eigenvalue weighted by molar-refractivity contribution is 7.90. The fourth-order valence-electron chi connectivity index (χ4n) is 1.34. The largest absolute Gasteiger partial charge is 0.294 e. The second-order valence-electron chi connectivity index (χ2n) is 4.10. The topological polar surface area (TPSA) is 51.2 Å². The molecule has 0 heterocycles. The van der Waals surface area contributed by atoms with Crippen LogP contribution in [0.25, 0.3) is 0 Å². The first-order valence-corrected chi connectivity index (χ1v) is 7.14. The molecular formula is C12H16O3S. The van der Waals surface area contributed by atoms with Crippen LogP contribution in [0.15, 0.2) is 18.2 Å². The van der Waals surface area contributed by atoms with E-state index in [1.54, 1.807) is 12.1 Å². The number of sulfone groups is 1. The van der Waals surface area contributed by atoms with Crippen LogP contribution in [0.4, 0.5) is 0 Å². The van der Waals surface area contributed by atoms with Crippen molar-refractivity contribution in [2.45, 2.75) is 20.3 Å². The average Bonchev–Trinajstić information content (AvgIpc) is 2.17. The van der Waals surface area contributed by atoms with Crippen LogP contribution in [0.2, 0.25) is 0 Å². The first kappa shape index (κ1) is 12.9. The van der Waals surface area contributed by atoms with E-state index in [4.69, 9.17) is 0 Å². The van der Waals surface area contributed by atoms with Gasteiger partial charge in [-0.15, -0.1) is 0 Å². The summed E-state index contributed by atoms with van der Waals surface area (Å²) in [4.78, 5) is 11.7. The zero-order chi connectivity index (χ0) is 12.3. The highest BCUT2D eigenvalue weighted by Gasteiger charge is 2.10. The highest BCUT2D eigenvalue weighted by atomic mass is 32.2. The van der Waals surface area contributed by atoms with Crippen LogP contribution in [0.1, 0.15) is 27.9 Å². The second kappa shape index (κ2) is 4.78. The predicted molar refractivity (Wildman–Crippen MR) is 64.6 cm³/mol. The van der Waals surface area contributed by atoms with Crippen LogP contribution in [-0.4, -0.2) is 26.2 Å². The van der Waals surface area contributed by atoms with E-state index in [1.165, 1.54) is 0 Å². The molecule has 0 unspecified atom stereocenters. The van der Waals surface area contributed by atoms with Gasteiger partial charge in [0.1, 0.15) is 9.84 Å². The molecule has 0 saturated heterocycles. The monoisotopic (exact) mass is 240 g/mol. The molecule has 0 atom stereocenters. The maximum absolute atomic E-state index is 11.7. The van der Waals surface area contributed by atoms with Gasteiger partial charge in [-0.05, 0) is 31.0 Å². The summed E-state index contributed by atoms with van der Waals surface area (Å²) in [6.07, 6.45) is 1.20. The lowest BCUT2D eigenvalue weighted by atomic mass is 10.0. The number of aryl methyl sites for hydroxylation is 2. The number of Topliss-reactive ketones (excluding diaryl/α,β-unsaturated/α-hetero) is 1. The number of hydrogen-bond acceptors (Lipinski definition) is 3. The first-order valence-electron chi connectivity index (χ1n) is 5.08. The Hall–Kier alpha value is -1.16. The van der Waals surface area contributed by atoms with E-state index in [1.807, 2.05) is 19.9 Å². The van der Waals surface area contributed by atoms with E-state index in [0.717, 1.165) is 17.4 Å². The quantitative estimate of drug-likeness (QED) is 0.755. The molecule has 0 spiro atoms. The summed E-state index contributed by atoms with van der Waals surface area (Å²) in [6.45, 7) is 3.91. The van der Waals surface area contributed by atoms with Crippen molar-refractivity contribution in [2.75, 3.05) is 12.0 Å². The number of hydrogen-bond donors (Lipinski definition) is 0. The Balaban J connectivity index is 2.78. The molecule has 0 saturated carbocycles. The SMILES string of the molecule is Cc1ccc(C(=O)CCS(C)(=O)=O)cc1C. The lowest BCUT2D eigenvalue weighted by Crippen LogP contribution is -2.09. The standard InChI is InChI=1S/C12H16O3S/c1-9-4-5-11(8-10(9)2)12(13)6-7-16(3,14)15/h4-5,8H,6-7H2,1-3H3. The highest BCUT2D eigenvalue weighted by Crippen LogP contribution is 2.11. The van der Waals surface area contributed by atoms with Crippen LogP contribution in [0.3, 0.4) is 0 Å². The zero-order valence-electron chi connectivity index (χ0n) is 9.78. The molecule has 0 amide bonds. The third-order valence-electron chi connectivity index (χ3n) is 2.53. The number of carbonyl (C=O) groups excluding carboxylic acids is 1. The molecule has 0 radical (unpaired) electrons. The lowest BCUT2D eigenvalue weighted by Gasteiger charge is -2.04. The number of ketones is 1. The summed E-state index contributed by atoms with van der Waals surface area (Å²) in [7, 11) is -3.07. The Morgan fingerprint density at radius 2 is 1.81 bits per heavy atom. The van der Waals surface area contributed by atoms with Crippen molar-refractivity contribution in [1.82, 2.24) is 0 Å². The Bertz CT molecular complexity index is 501. The average molecular weight is 240 g/mol. The molecule has 88 valence electrons. The molecule has 1 aromatic rings. The van der Waals surface area contributed by atoms with E-state index in [2.05, 4.69) is 0 Å². The summed E-state index contributed by atoms with van der Waals surface area (Å²) < 4.78 is 21.9. The van der Waals surface area contributed by atoms with Gasteiger partial charge in [0.05, 0.1) is 5.75 Å². The summed E-state index contributed by atoms with van der Waals surface area (Å²) >= 11 is 0. The van der Waals surface area contributed by atoms with Gasteiger partial charge in [0, 0.05) is 18.2 Å². The van der Waals surface area contributed by atoms with E-state index in [0.29, 0.717) is 5.56 Å². The van der Waals surface area contributed by atoms with Crippen LogP contribution in [-0.2, 0) is 9.84 Å². The fraction of sp³-hybridized carbons (Fsp3) is 0.417. The van der Waals surface area contributed by atoms with Crippen molar-refractivity contribution in [3.63, 3.8) is 0 Å². The normalized spacial score (nSPS) is 11.4. The number of carbonyl (C=O) groups is 1. The molecule has 0 N–H and O–H groups in total. The summed E-state index contributed by atoms with van der Waals surface area (Å²) in [5.74, 6) is -0.202. The van der Waals surface area contributed by atoms with Gasteiger partial charge in [0.2, 0.25) is 0 Å². The third kappa shape index (κ3) is 3.77. The van der Waals surface area contributed by atoms with Crippen molar-refractivity contribution in [3.8, 4) is 0 Å². The summed E-state index contributed by atoms with van der Waals surface area (Å²) in [6, 6.07) is 5.43. The van der Waals surface area contributed by atoms with Gasteiger partial charge in [-0.3, -0.25) is 4.79 Å². The van der Waals surface area contributed by atoms with E-state index < -0.39 is 9.84 Å². The minimum absolute atomic E-state index is 0.0569. The second-order valence-corrected chi connectivity index (χ2v) is 6.36. The molecule has 1 aromatic carbocycles. The lowest BCUT2D eigenvalue weighted by molar-refractivity contribution is 0.0988. The molecule has 0 fully saturated rings. The van der Waals surface area contributed by atoms with Gasteiger partial charge in [0.15, 0.2) is 5.78 Å². The maximum Gasteiger partial charge on any atom is 0.163 e. The van der Waals surface area contributed by atoms with Gasteiger partial charge < -0.3 is 0 Å². The van der Waals surface area contributed by atoms with Crippen LogP contribution in [0.5, 0.6) is 0 Å². The van der Waals surface area contributed by atoms with E-state index in [9.17, 15) is 13.2 Å². The minimum atomic E-state index is -3.07. The van der Waals surface area contributed by atoms with E-state index >= 15 is 0 Å². The van der Waals surface area contributed by atoms with Crippen LogP contribution < -0.4 is 0 Å². The molecule has 1 rings (SSSR count). The molecule has 0 aliphatic carbocycles. The van der Waals surface area contributed by atoms with Crippen molar-refractivity contribution >= 4 is 15.6 Å². The Morgan fingerprint density at radius 1 is 1.19 bits per heavy atom. The molecule has 4 heteroatoms. The fourth-order valence-corrected chi connectivity index (χ4v) is 1.89. The molecular weight excluding hydrogens is 224 g/mol. The number of rotatable bonds is 4. The maximum atomic E-state index is 11.7. The molecule has 16 heavy (non-hydrogen) atoms. The van der Waals surface area contributed by atoms with Crippen molar-refractivity contribution < 1.29 is 13.2 Å². The Kier molecular flexibility index (Phi) is 3.86. The van der Waals surface area contributed by atoms with Crippen molar-refractivity contribution in [1.29, 1.82) is 0 Å². The molecule has 0 aliphatic rings. The predicted octanol–water partition coefficient (Wildman–Crippen LogP) is 1.92. The van der Waals surface area contributed by atoms with Crippen LogP contribution >= 0.6 is 0 Å². The van der Waals surface area contributed by atoms with Gasteiger partial charge in [-0.25, -0.2) is 8.42 Å². The molecule has 0 aromatic heterocycles. The van der Waals surface area contributed by atoms with Crippen molar-refractivity contribution in [2.24, 2.45) is 0 Å². The first-order chi connectivity index (χ1) is 7.29. The smallest absolute Gasteiger partial charge is 0.163 e. The number of benzene rings is 1. The van der Waals surface area contributed by atoms with Gasteiger partial charge in [0.25, 0.3) is 0 Å². The van der Waals surface area contributed by atoms with Crippen LogP contribution in [0, 0.1) is 13.8 Å². The zero-order valence-corrected chi connectivity index (χ0v) is 10.6. The molecule has 0 bridgehead atoms. The minimum Gasteiger partial charge on any atom is -0.294 e. The van der Waals surface area contributed by atoms with Gasteiger partial charge in [-0.1, -0.05) is 12.1 Å².